The van der Waals surface area contributed by atoms with Crippen LogP contribution in [0.5, 0.6) is 0 Å². The van der Waals surface area contributed by atoms with Crippen LogP contribution in [0.4, 0.5) is 0 Å². The minimum atomic E-state index is 1.09. The third-order valence-corrected chi connectivity index (χ3v) is 3.86. The van der Waals surface area contributed by atoms with Gasteiger partial charge in [0.2, 0.25) is 0 Å². The summed E-state index contributed by atoms with van der Waals surface area (Å²) in [6.45, 7) is 13.0. The Kier molecular flexibility index (Phi) is 9.15. The van der Waals surface area contributed by atoms with Gasteiger partial charge in [-0.25, -0.2) is 0 Å². The maximum atomic E-state index is 2.26. The Morgan fingerprint density at radius 3 is 0.833 bits per heavy atom. The van der Waals surface area contributed by atoms with Crippen LogP contribution in [0.15, 0.2) is 48.5 Å². The van der Waals surface area contributed by atoms with Crippen molar-refractivity contribution in [3.8, 4) is 0 Å². The molecule has 0 amide bonds. The molecule has 0 heterocycles. The summed E-state index contributed by atoms with van der Waals surface area (Å²) in [4.78, 5) is 0. The average Bonchev–Trinajstić information content (AvgIpc) is 2.61. The van der Waals surface area contributed by atoms with Crippen LogP contribution >= 0.6 is 0 Å². The van der Waals surface area contributed by atoms with Gasteiger partial charge in [0.25, 0.3) is 0 Å². The zero-order valence-electron chi connectivity index (χ0n) is 16.4. The first-order valence-corrected chi connectivity index (χ1v) is 9.60. The summed E-state index contributed by atoms with van der Waals surface area (Å²) in [6, 6.07) is 17.6. The predicted molar refractivity (Wildman–Crippen MR) is 112 cm³/mol. The van der Waals surface area contributed by atoms with Gasteiger partial charge < -0.3 is 0 Å². The number of aryl methyl sites for hydroxylation is 2. The van der Waals surface area contributed by atoms with E-state index in [1.807, 2.05) is 0 Å². The lowest BCUT2D eigenvalue weighted by Crippen LogP contribution is -1.93. The molecule has 0 nitrogen and oxygen atoms in total. The maximum absolute atomic E-state index is 2.26. The molecule has 0 saturated heterocycles. The molecular weight excluding hydrogens is 288 g/mol. The third-order valence-electron chi connectivity index (χ3n) is 3.86. The smallest absolute Gasteiger partial charge is 0.0143 e. The number of hydrogen-bond acceptors (Lipinski definition) is 0. The molecule has 0 aliphatic heterocycles. The lowest BCUT2D eigenvalue weighted by molar-refractivity contribution is 1.09. The van der Waals surface area contributed by atoms with Gasteiger partial charge in [-0.2, -0.15) is 0 Å². The van der Waals surface area contributed by atoms with E-state index in [-0.39, 0.29) is 0 Å². The summed E-state index contributed by atoms with van der Waals surface area (Å²) < 4.78 is 0. The Bertz CT molecular complexity index is 616. The highest BCUT2D eigenvalue weighted by atomic mass is 14.1. The molecule has 0 aliphatic carbocycles. The van der Waals surface area contributed by atoms with Crippen molar-refractivity contribution in [2.45, 2.75) is 67.2 Å². The first kappa shape index (κ1) is 20.2. The molecule has 3 rings (SSSR count). The van der Waals surface area contributed by atoms with Gasteiger partial charge in [-0.3, -0.25) is 0 Å². The van der Waals surface area contributed by atoms with Crippen molar-refractivity contribution < 1.29 is 0 Å². The van der Waals surface area contributed by atoms with Gasteiger partial charge in [0.15, 0.2) is 0 Å². The van der Waals surface area contributed by atoms with Crippen molar-refractivity contribution in [1.29, 1.82) is 0 Å². The van der Waals surface area contributed by atoms with E-state index in [0.29, 0.717) is 0 Å². The monoisotopic (exact) mass is 322 g/mol. The van der Waals surface area contributed by atoms with Crippen LogP contribution in [0.1, 0.15) is 65.5 Å². The first-order valence-electron chi connectivity index (χ1n) is 9.60. The quantitative estimate of drug-likeness (QED) is 0.420. The fraction of sp³-hybridized carbons (Fsp3) is 0.417. The average molecular weight is 323 g/mol. The minimum Gasteiger partial charge on any atom is -0.0656 e. The molecule has 3 aromatic carbocycles. The predicted octanol–water partition coefficient (Wildman–Crippen LogP) is 7.95. The Morgan fingerprint density at radius 2 is 0.667 bits per heavy atom. The molecule has 0 saturated carbocycles. The topological polar surface area (TPSA) is 0 Å². The standard InChI is InChI=1S/C18H18.2C3H8/c1-3-13-15-9-5-7-11-17(15)14(4-2)18-12-8-6-10-16(13)18;2*1-3-2/h5-12H,3-4H2,1-2H3;2*3H2,1-2H3. The summed E-state index contributed by atoms with van der Waals surface area (Å²) in [6.07, 6.45) is 4.68. The zero-order chi connectivity index (χ0) is 17.9. The molecule has 0 bridgehead atoms. The largest absolute Gasteiger partial charge is 0.0656 e. The third kappa shape index (κ3) is 4.60. The van der Waals surface area contributed by atoms with Crippen LogP contribution in [0.25, 0.3) is 21.5 Å². The molecule has 130 valence electrons. The molecule has 24 heavy (non-hydrogen) atoms. The molecule has 0 heteroatoms. The number of fused-ring (bicyclic) bond motifs is 2. The SMILES string of the molecule is CCC.CCC.CCc1c2ccccc2c(CC)c2ccccc12. The Labute approximate surface area is 148 Å². The van der Waals surface area contributed by atoms with E-state index in [4.69, 9.17) is 0 Å². The molecule has 0 fully saturated rings. The molecule has 0 aromatic heterocycles. The van der Waals surface area contributed by atoms with Gasteiger partial charge in [0, 0.05) is 0 Å². The van der Waals surface area contributed by atoms with Crippen molar-refractivity contribution in [2.24, 2.45) is 0 Å². The molecule has 0 radical (unpaired) electrons. The van der Waals surface area contributed by atoms with Crippen LogP contribution in [-0.4, -0.2) is 0 Å². The fourth-order valence-corrected chi connectivity index (χ4v) is 3.07. The Morgan fingerprint density at radius 1 is 0.458 bits per heavy atom. The van der Waals surface area contributed by atoms with Gasteiger partial charge in [0.05, 0.1) is 0 Å². The van der Waals surface area contributed by atoms with Crippen LogP contribution in [0.2, 0.25) is 0 Å². The van der Waals surface area contributed by atoms with E-state index in [0.717, 1.165) is 12.8 Å². The Balaban J connectivity index is 0.000000423. The van der Waals surface area contributed by atoms with E-state index in [1.165, 1.54) is 45.5 Å². The van der Waals surface area contributed by atoms with E-state index < -0.39 is 0 Å². The highest BCUT2D eigenvalue weighted by Gasteiger charge is 2.10. The summed E-state index contributed by atoms with van der Waals surface area (Å²) in [7, 11) is 0. The van der Waals surface area contributed by atoms with Crippen LogP contribution in [0.3, 0.4) is 0 Å². The lowest BCUT2D eigenvalue weighted by atomic mass is 9.90. The molecule has 0 N–H and O–H groups in total. The second-order valence-electron chi connectivity index (χ2n) is 6.17. The Hall–Kier alpha value is -1.82. The lowest BCUT2D eigenvalue weighted by Gasteiger charge is -2.14. The molecule has 0 unspecified atom stereocenters. The van der Waals surface area contributed by atoms with Crippen molar-refractivity contribution >= 4 is 21.5 Å². The van der Waals surface area contributed by atoms with Gasteiger partial charge in [-0.1, -0.05) is 103 Å². The van der Waals surface area contributed by atoms with E-state index in [2.05, 4.69) is 90.1 Å². The van der Waals surface area contributed by atoms with Crippen LogP contribution < -0.4 is 0 Å². The van der Waals surface area contributed by atoms with Gasteiger partial charge in [0.1, 0.15) is 0 Å². The summed E-state index contributed by atoms with van der Waals surface area (Å²) >= 11 is 0. The first-order chi connectivity index (χ1) is 11.7. The van der Waals surface area contributed by atoms with E-state index in [1.54, 1.807) is 0 Å². The number of rotatable bonds is 2. The highest BCUT2D eigenvalue weighted by Crippen LogP contribution is 2.33. The van der Waals surface area contributed by atoms with E-state index >= 15 is 0 Å². The second-order valence-corrected chi connectivity index (χ2v) is 6.17. The number of hydrogen-bond donors (Lipinski definition) is 0. The highest BCUT2D eigenvalue weighted by molar-refractivity contribution is 6.05. The van der Waals surface area contributed by atoms with Gasteiger partial charge >= 0.3 is 0 Å². The molecule has 0 atom stereocenters. The van der Waals surface area contributed by atoms with E-state index in [9.17, 15) is 0 Å². The van der Waals surface area contributed by atoms with Crippen molar-refractivity contribution in [3.05, 3.63) is 59.7 Å². The fourth-order valence-electron chi connectivity index (χ4n) is 3.07. The molecule has 0 spiro atoms. The van der Waals surface area contributed by atoms with Crippen LogP contribution in [0, 0.1) is 0 Å². The van der Waals surface area contributed by atoms with Crippen molar-refractivity contribution in [3.63, 3.8) is 0 Å². The number of benzene rings is 3. The summed E-state index contributed by atoms with van der Waals surface area (Å²) in [5.74, 6) is 0. The summed E-state index contributed by atoms with van der Waals surface area (Å²) in [5.41, 5.74) is 2.97. The minimum absolute atomic E-state index is 1.09. The normalized spacial score (nSPS) is 9.92. The van der Waals surface area contributed by atoms with Gasteiger partial charge in [-0.05, 0) is 45.5 Å². The summed E-state index contributed by atoms with van der Waals surface area (Å²) in [5, 5.41) is 5.71. The molecule has 3 aromatic rings. The van der Waals surface area contributed by atoms with Crippen molar-refractivity contribution in [1.82, 2.24) is 0 Å². The van der Waals surface area contributed by atoms with Crippen LogP contribution in [-0.2, 0) is 12.8 Å². The maximum Gasteiger partial charge on any atom is -0.0143 e. The van der Waals surface area contributed by atoms with Gasteiger partial charge in [-0.15, -0.1) is 0 Å². The molecule has 0 aliphatic rings. The molecular formula is C24H34. The second kappa shape index (κ2) is 10.9. The zero-order valence-corrected chi connectivity index (χ0v) is 16.4. The van der Waals surface area contributed by atoms with Crippen molar-refractivity contribution in [2.75, 3.05) is 0 Å².